The Labute approximate surface area is 171 Å². The van der Waals surface area contributed by atoms with E-state index in [9.17, 15) is 18.0 Å². The molecule has 0 aliphatic carbocycles. The van der Waals surface area contributed by atoms with Crippen molar-refractivity contribution in [3.63, 3.8) is 0 Å². The number of halogens is 3. The van der Waals surface area contributed by atoms with Crippen LogP contribution in [0.4, 0.5) is 18.9 Å². The number of aldehydes is 1. The lowest BCUT2D eigenvalue weighted by Crippen LogP contribution is -2.25. The Hall–Kier alpha value is -3.42. The van der Waals surface area contributed by atoms with E-state index in [1.165, 1.54) is 6.07 Å². The average Bonchev–Trinajstić information content (AvgIpc) is 3.22. The number of hydrogen-bond acceptors (Lipinski definition) is 5. The number of rotatable bonds is 5. The maximum Gasteiger partial charge on any atom is 0.435 e. The zero-order valence-electron chi connectivity index (χ0n) is 15.8. The van der Waals surface area contributed by atoms with E-state index < -0.39 is 11.9 Å². The summed E-state index contributed by atoms with van der Waals surface area (Å²) in [5, 5.41) is 6.69. The van der Waals surface area contributed by atoms with Crippen molar-refractivity contribution in [3.8, 4) is 17.0 Å². The van der Waals surface area contributed by atoms with Crippen LogP contribution in [0.2, 0.25) is 0 Å². The van der Waals surface area contributed by atoms with Crippen LogP contribution in [0.5, 0.6) is 5.88 Å². The first-order valence-electron chi connectivity index (χ1n) is 9.41. The summed E-state index contributed by atoms with van der Waals surface area (Å²) >= 11 is 0. The Morgan fingerprint density at radius 1 is 1.00 bits per heavy atom. The predicted molar refractivity (Wildman–Crippen MR) is 106 cm³/mol. The van der Waals surface area contributed by atoms with Gasteiger partial charge in [-0.05, 0) is 29.3 Å². The monoisotopic (exact) mass is 413 g/mol. The number of ether oxygens (including phenoxy) is 1. The topological polar surface area (TPSA) is 55.3 Å². The predicted octanol–water partition coefficient (Wildman–Crippen LogP) is 4.63. The number of anilines is 1. The molecule has 1 atom stereocenters. The number of aromatic nitrogens is 2. The second-order valence-electron chi connectivity index (χ2n) is 6.99. The van der Waals surface area contributed by atoms with Crippen molar-refractivity contribution in [3.05, 3.63) is 71.9 Å². The van der Waals surface area contributed by atoms with Crippen molar-refractivity contribution in [1.82, 2.24) is 10.2 Å². The molecule has 0 radical (unpaired) electrons. The summed E-state index contributed by atoms with van der Waals surface area (Å²) < 4.78 is 43.5. The van der Waals surface area contributed by atoms with E-state index in [1.54, 1.807) is 0 Å². The third kappa shape index (κ3) is 4.27. The molecule has 1 aliphatic rings. The minimum absolute atomic E-state index is 0.0462. The van der Waals surface area contributed by atoms with E-state index in [0.717, 1.165) is 29.2 Å². The lowest BCUT2D eigenvalue weighted by Gasteiger charge is -2.21. The molecule has 2 heterocycles. The summed E-state index contributed by atoms with van der Waals surface area (Å²) in [5.41, 5.74) is 2.29. The van der Waals surface area contributed by atoms with E-state index in [0.29, 0.717) is 25.1 Å². The lowest BCUT2D eigenvalue weighted by atomic mass is 10.0. The Kier molecular flexibility index (Phi) is 5.39. The van der Waals surface area contributed by atoms with E-state index in [1.807, 2.05) is 53.4 Å². The molecule has 0 bridgehead atoms. The maximum atomic E-state index is 12.6. The highest BCUT2D eigenvalue weighted by Crippen LogP contribution is 2.30. The molecule has 1 aliphatic heterocycles. The molecule has 0 unspecified atom stereocenters. The van der Waals surface area contributed by atoms with Gasteiger partial charge in [0.2, 0.25) is 5.88 Å². The smallest absolute Gasteiger partial charge is 0.435 e. The first-order chi connectivity index (χ1) is 14.4. The van der Waals surface area contributed by atoms with E-state index in [4.69, 9.17) is 4.74 Å². The summed E-state index contributed by atoms with van der Waals surface area (Å²) in [7, 11) is 0. The van der Waals surface area contributed by atoms with Gasteiger partial charge in [0.05, 0.1) is 6.54 Å². The van der Waals surface area contributed by atoms with E-state index >= 15 is 0 Å². The molecule has 1 aromatic heterocycles. The fourth-order valence-electron chi connectivity index (χ4n) is 3.50. The fraction of sp³-hybridized carbons (Fsp3) is 0.227. The number of carbonyl (C=O) groups is 1. The van der Waals surface area contributed by atoms with Gasteiger partial charge in [-0.25, -0.2) is 0 Å². The highest BCUT2D eigenvalue weighted by atomic mass is 19.4. The van der Waals surface area contributed by atoms with Crippen LogP contribution in [-0.2, 0) is 6.18 Å². The van der Waals surface area contributed by atoms with Crippen molar-refractivity contribution in [1.29, 1.82) is 0 Å². The number of carbonyl (C=O) groups excluding carboxylic acids is 1. The molecular weight excluding hydrogens is 395 g/mol. The van der Waals surface area contributed by atoms with Gasteiger partial charge in [0.15, 0.2) is 12.0 Å². The minimum Gasteiger partial charge on any atom is -0.471 e. The molecule has 4 rings (SSSR count). The molecule has 30 heavy (non-hydrogen) atoms. The van der Waals surface area contributed by atoms with Gasteiger partial charge < -0.3 is 9.64 Å². The summed E-state index contributed by atoms with van der Waals surface area (Å²) in [4.78, 5) is 13.7. The molecule has 1 saturated heterocycles. The zero-order valence-corrected chi connectivity index (χ0v) is 15.8. The first-order valence-corrected chi connectivity index (χ1v) is 9.41. The number of alkyl halides is 3. The van der Waals surface area contributed by atoms with Crippen molar-refractivity contribution >= 4 is 12.0 Å². The second-order valence-corrected chi connectivity index (χ2v) is 6.99. The Bertz CT molecular complexity index is 1020. The summed E-state index contributed by atoms with van der Waals surface area (Å²) in [6, 6.07) is 17.5. The van der Waals surface area contributed by atoms with Crippen molar-refractivity contribution < 1.29 is 22.7 Å². The number of benzene rings is 2. The second kappa shape index (κ2) is 8.14. The molecule has 5 nitrogen and oxygen atoms in total. The molecule has 0 N–H and O–H groups in total. The molecule has 0 saturated carbocycles. The summed E-state index contributed by atoms with van der Waals surface area (Å²) in [5.74, 6) is 0.0462. The minimum atomic E-state index is -4.53. The van der Waals surface area contributed by atoms with Gasteiger partial charge in [-0.15, -0.1) is 10.2 Å². The molecular formula is C22H18F3N3O2. The Morgan fingerprint density at radius 2 is 1.80 bits per heavy atom. The highest BCUT2D eigenvalue weighted by molar-refractivity contribution is 5.87. The van der Waals surface area contributed by atoms with Crippen LogP contribution < -0.4 is 9.64 Å². The van der Waals surface area contributed by atoms with Crippen molar-refractivity contribution in [2.24, 2.45) is 0 Å². The maximum absolute atomic E-state index is 12.6. The molecule has 8 heteroatoms. The molecule has 0 amide bonds. The van der Waals surface area contributed by atoms with Crippen LogP contribution in [0.15, 0.2) is 60.7 Å². The summed E-state index contributed by atoms with van der Waals surface area (Å²) in [6.45, 7) is 1.15. The third-order valence-electron chi connectivity index (χ3n) is 4.97. The van der Waals surface area contributed by atoms with Gasteiger partial charge in [0.25, 0.3) is 0 Å². The fourth-order valence-corrected chi connectivity index (χ4v) is 3.50. The van der Waals surface area contributed by atoms with E-state index in [-0.39, 0.29) is 12.0 Å². The van der Waals surface area contributed by atoms with Crippen LogP contribution in [0, 0.1) is 0 Å². The first kappa shape index (κ1) is 19.9. The van der Waals surface area contributed by atoms with Crippen LogP contribution in [0.1, 0.15) is 22.5 Å². The average molecular weight is 413 g/mol. The van der Waals surface area contributed by atoms with Crippen LogP contribution in [0.25, 0.3) is 11.1 Å². The lowest BCUT2D eigenvalue weighted by molar-refractivity contribution is -0.141. The largest absolute Gasteiger partial charge is 0.471 e. The van der Waals surface area contributed by atoms with Crippen LogP contribution in [-0.4, -0.2) is 35.7 Å². The SMILES string of the molecule is O=Cc1cc(-c2ccccc2)ccc1N1CC[C@H](Oc2ccc(C(F)(F)F)nn2)C1. The number of hydrogen-bond donors (Lipinski definition) is 0. The third-order valence-corrected chi connectivity index (χ3v) is 4.97. The van der Waals surface area contributed by atoms with Gasteiger partial charge in [-0.3, -0.25) is 4.79 Å². The molecule has 1 fully saturated rings. The van der Waals surface area contributed by atoms with Crippen molar-refractivity contribution in [2.75, 3.05) is 18.0 Å². The zero-order chi connectivity index (χ0) is 21.1. The normalized spacial score (nSPS) is 16.5. The summed E-state index contributed by atoms with van der Waals surface area (Å²) in [6.07, 6.45) is -3.31. The van der Waals surface area contributed by atoms with Crippen molar-refractivity contribution in [2.45, 2.75) is 18.7 Å². The Balaban J connectivity index is 1.46. The van der Waals surface area contributed by atoms with Crippen LogP contribution >= 0.6 is 0 Å². The van der Waals surface area contributed by atoms with Gasteiger partial charge in [0.1, 0.15) is 6.10 Å². The van der Waals surface area contributed by atoms with Gasteiger partial charge in [-0.2, -0.15) is 13.2 Å². The highest BCUT2D eigenvalue weighted by Gasteiger charge is 2.33. The Morgan fingerprint density at radius 3 is 2.47 bits per heavy atom. The number of nitrogens with zero attached hydrogens (tertiary/aromatic N) is 3. The molecule has 0 spiro atoms. The molecule has 154 valence electrons. The van der Waals surface area contributed by atoms with Gasteiger partial charge >= 0.3 is 6.18 Å². The molecule has 2 aromatic carbocycles. The standard InChI is InChI=1S/C22H18F3N3O2/c23-22(24,25)20-8-9-21(27-26-20)30-18-10-11-28(13-18)19-7-6-16(12-17(19)14-29)15-4-2-1-3-5-15/h1-9,12,14,18H,10-11,13H2/t18-/m0/s1. The van der Waals surface area contributed by atoms with Gasteiger partial charge in [0, 0.05) is 30.3 Å². The van der Waals surface area contributed by atoms with E-state index in [2.05, 4.69) is 10.2 Å². The van der Waals surface area contributed by atoms with Gasteiger partial charge in [-0.1, -0.05) is 36.4 Å². The molecule has 3 aromatic rings. The quantitative estimate of drug-likeness (QED) is 0.571. The van der Waals surface area contributed by atoms with Crippen LogP contribution in [0.3, 0.4) is 0 Å².